The van der Waals surface area contributed by atoms with Gasteiger partial charge >= 0.3 is 12.0 Å². The quantitative estimate of drug-likeness (QED) is 0.806. The van der Waals surface area contributed by atoms with Gasteiger partial charge < -0.3 is 14.8 Å². The van der Waals surface area contributed by atoms with Crippen molar-refractivity contribution in [2.45, 2.75) is 33.2 Å². The molecule has 0 fully saturated rings. The van der Waals surface area contributed by atoms with Crippen LogP contribution in [0.25, 0.3) is 0 Å². The maximum atomic E-state index is 12.6. The number of esters is 1. The molecule has 6 nitrogen and oxygen atoms in total. The van der Waals surface area contributed by atoms with Crippen LogP contribution >= 0.6 is 0 Å². The molecule has 2 aliphatic rings. The third-order valence-electron chi connectivity index (χ3n) is 4.45. The predicted molar refractivity (Wildman–Crippen MR) is 93.0 cm³/mol. The van der Waals surface area contributed by atoms with E-state index < -0.39 is 6.04 Å². The fourth-order valence-electron chi connectivity index (χ4n) is 3.11. The van der Waals surface area contributed by atoms with E-state index in [4.69, 9.17) is 9.47 Å². The van der Waals surface area contributed by atoms with Crippen LogP contribution in [0.3, 0.4) is 0 Å². The molecule has 25 heavy (non-hydrogen) atoms. The number of cyclic esters (lactones) is 1. The predicted octanol–water partition coefficient (Wildman–Crippen LogP) is 3.01. The highest BCUT2D eigenvalue weighted by molar-refractivity contribution is 5.97. The third kappa shape index (κ3) is 3.48. The SMILES string of the molecule is CCOc1ccc(C2NC(=O)N(CCC(C)C)C3=C2C(=O)OC3)cc1. The van der Waals surface area contributed by atoms with Crippen molar-refractivity contribution in [3.8, 4) is 5.75 Å². The minimum absolute atomic E-state index is 0.160. The highest BCUT2D eigenvalue weighted by Gasteiger charge is 2.41. The second kappa shape index (κ2) is 7.17. The molecule has 3 rings (SSSR count). The molecule has 0 radical (unpaired) electrons. The first kappa shape index (κ1) is 17.3. The Bertz CT molecular complexity index is 694. The zero-order valence-corrected chi connectivity index (χ0v) is 14.9. The molecule has 1 N–H and O–H groups in total. The van der Waals surface area contributed by atoms with Crippen molar-refractivity contribution in [2.24, 2.45) is 5.92 Å². The van der Waals surface area contributed by atoms with Gasteiger partial charge in [-0.15, -0.1) is 0 Å². The molecule has 1 atom stereocenters. The zero-order chi connectivity index (χ0) is 18.0. The Balaban J connectivity index is 1.90. The Morgan fingerprint density at radius 2 is 2.00 bits per heavy atom. The molecule has 0 saturated heterocycles. The van der Waals surface area contributed by atoms with Crippen LogP contribution in [-0.2, 0) is 9.53 Å². The van der Waals surface area contributed by atoms with Gasteiger partial charge in [0.2, 0.25) is 0 Å². The molecular weight excluding hydrogens is 320 g/mol. The van der Waals surface area contributed by atoms with E-state index in [0.717, 1.165) is 17.7 Å². The minimum atomic E-state index is -0.483. The number of nitrogens with one attached hydrogen (secondary N) is 1. The molecule has 2 aliphatic heterocycles. The van der Waals surface area contributed by atoms with Crippen LogP contribution in [-0.4, -0.2) is 36.7 Å². The smallest absolute Gasteiger partial charge is 0.338 e. The fourth-order valence-corrected chi connectivity index (χ4v) is 3.11. The van der Waals surface area contributed by atoms with Gasteiger partial charge in [0, 0.05) is 6.54 Å². The van der Waals surface area contributed by atoms with E-state index >= 15 is 0 Å². The lowest BCUT2D eigenvalue weighted by Crippen LogP contribution is -2.47. The van der Waals surface area contributed by atoms with Crippen molar-refractivity contribution >= 4 is 12.0 Å². The van der Waals surface area contributed by atoms with Crippen LogP contribution in [0.1, 0.15) is 38.8 Å². The Labute approximate surface area is 147 Å². The number of carbonyl (C=O) groups is 2. The summed E-state index contributed by atoms with van der Waals surface area (Å²) in [5.74, 6) is 0.872. The largest absolute Gasteiger partial charge is 0.494 e. The molecule has 0 aromatic heterocycles. The van der Waals surface area contributed by atoms with Gasteiger partial charge in [0.1, 0.15) is 12.4 Å². The molecule has 2 heterocycles. The molecule has 0 aliphatic carbocycles. The number of ether oxygens (including phenoxy) is 2. The van der Waals surface area contributed by atoms with E-state index in [0.29, 0.717) is 30.3 Å². The van der Waals surface area contributed by atoms with Crippen molar-refractivity contribution in [1.82, 2.24) is 10.2 Å². The zero-order valence-electron chi connectivity index (χ0n) is 14.9. The van der Waals surface area contributed by atoms with Crippen molar-refractivity contribution in [1.29, 1.82) is 0 Å². The number of urea groups is 1. The van der Waals surface area contributed by atoms with Crippen LogP contribution in [0, 0.1) is 5.92 Å². The standard InChI is InChI=1S/C19H24N2O4/c1-4-24-14-7-5-13(6-8-14)17-16-15(11-25-18(16)22)21(19(23)20-17)10-9-12(2)3/h5-8,12,17H,4,9-11H2,1-3H3,(H,20,23). The molecule has 2 amide bonds. The summed E-state index contributed by atoms with van der Waals surface area (Å²) in [4.78, 5) is 26.5. The maximum absolute atomic E-state index is 12.6. The second-order valence-electron chi connectivity index (χ2n) is 6.66. The summed E-state index contributed by atoms with van der Waals surface area (Å²) in [7, 11) is 0. The van der Waals surface area contributed by atoms with E-state index in [1.54, 1.807) is 4.90 Å². The Morgan fingerprint density at radius 1 is 1.28 bits per heavy atom. The topological polar surface area (TPSA) is 67.9 Å². The third-order valence-corrected chi connectivity index (χ3v) is 4.45. The molecule has 0 bridgehead atoms. The first-order valence-corrected chi connectivity index (χ1v) is 8.72. The summed E-state index contributed by atoms with van der Waals surface area (Å²) >= 11 is 0. The van der Waals surface area contributed by atoms with E-state index in [2.05, 4.69) is 19.2 Å². The van der Waals surface area contributed by atoms with Crippen LogP contribution in [0.15, 0.2) is 35.5 Å². The van der Waals surface area contributed by atoms with Gasteiger partial charge in [-0.3, -0.25) is 4.90 Å². The van der Waals surface area contributed by atoms with Crippen molar-refractivity contribution < 1.29 is 19.1 Å². The summed E-state index contributed by atoms with van der Waals surface area (Å²) in [6.45, 7) is 7.47. The number of hydrogen-bond donors (Lipinski definition) is 1. The lowest BCUT2D eigenvalue weighted by Gasteiger charge is -2.33. The molecule has 1 aromatic rings. The summed E-state index contributed by atoms with van der Waals surface area (Å²) in [5, 5.41) is 2.95. The number of amides is 2. The first-order chi connectivity index (χ1) is 12.0. The van der Waals surface area contributed by atoms with Gasteiger partial charge in [-0.1, -0.05) is 26.0 Å². The van der Waals surface area contributed by atoms with Gasteiger partial charge in [-0.2, -0.15) is 0 Å². The normalized spacial score (nSPS) is 19.8. The van der Waals surface area contributed by atoms with Gasteiger partial charge in [0.25, 0.3) is 0 Å². The van der Waals surface area contributed by atoms with E-state index in [9.17, 15) is 9.59 Å². The Morgan fingerprint density at radius 3 is 2.64 bits per heavy atom. The molecule has 1 unspecified atom stereocenters. The summed E-state index contributed by atoms with van der Waals surface area (Å²) in [5.41, 5.74) is 2.06. The lowest BCUT2D eigenvalue weighted by atomic mass is 9.95. The van der Waals surface area contributed by atoms with Gasteiger partial charge in [0.15, 0.2) is 0 Å². The molecule has 1 aromatic carbocycles. The van der Waals surface area contributed by atoms with Gasteiger partial charge in [-0.05, 0) is 37.0 Å². The molecule has 0 spiro atoms. The van der Waals surface area contributed by atoms with Crippen molar-refractivity contribution in [3.63, 3.8) is 0 Å². The fraction of sp³-hybridized carbons (Fsp3) is 0.474. The lowest BCUT2D eigenvalue weighted by molar-refractivity contribution is -0.136. The minimum Gasteiger partial charge on any atom is -0.494 e. The molecule has 6 heteroatoms. The highest BCUT2D eigenvalue weighted by Crippen LogP contribution is 2.35. The highest BCUT2D eigenvalue weighted by atomic mass is 16.5. The van der Waals surface area contributed by atoms with Crippen LogP contribution < -0.4 is 10.1 Å². The van der Waals surface area contributed by atoms with Crippen LogP contribution in [0.4, 0.5) is 4.79 Å². The first-order valence-electron chi connectivity index (χ1n) is 8.72. The van der Waals surface area contributed by atoms with E-state index in [1.807, 2.05) is 31.2 Å². The maximum Gasteiger partial charge on any atom is 0.338 e. The summed E-state index contributed by atoms with van der Waals surface area (Å²) in [6, 6.07) is 6.76. The van der Waals surface area contributed by atoms with Gasteiger partial charge in [-0.25, -0.2) is 9.59 Å². The second-order valence-corrected chi connectivity index (χ2v) is 6.66. The van der Waals surface area contributed by atoms with E-state index in [-0.39, 0.29) is 18.6 Å². The number of nitrogens with zero attached hydrogens (tertiary/aromatic N) is 1. The Kier molecular flexibility index (Phi) is 4.97. The molecule has 0 saturated carbocycles. The number of carbonyl (C=O) groups excluding carboxylic acids is 2. The number of rotatable bonds is 6. The summed E-state index contributed by atoms with van der Waals surface area (Å²) in [6.07, 6.45) is 0.867. The monoisotopic (exact) mass is 344 g/mol. The van der Waals surface area contributed by atoms with Crippen LogP contribution in [0.2, 0.25) is 0 Å². The summed E-state index contributed by atoms with van der Waals surface area (Å²) < 4.78 is 10.7. The van der Waals surface area contributed by atoms with Crippen LogP contribution in [0.5, 0.6) is 5.75 Å². The van der Waals surface area contributed by atoms with E-state index in [1.165, 1.54) is 0 Å². The van der Waals surface area contributed by atoms with Crippen molar-refractivity contribution in [2.75, 3.05) is 19.8 Å². The molecular formula is C19H24N2O4. The number of hydrogen-bond acceptors (Lipinski definition) is 4. The molecule has 134 valence electrons. The van der Waals surface area contributed by atoms with Gasteiger partial charge in [0.05, 0.1) is 23.9 Å². The average molecular weight is 344 g/mol. The Hall–Kier alpha value is -2.50. The average Bonchev–Trinajstić information content (AvgIpc) is 2.96. The van der Waals surface area contributed by atoms with Crippen molar-refractivity contribution in [3.05, 3.63) is 41.1 Å². The number of benzene rings is 1.